The van der Waals surface area contributed by atoms with Crippen LogP contribution in [0.25, 0.3) is 11.4 Å². The molecule has 3 heterocycles. The van der Waals surface area contributed by atoms with E-state index in [1.807, 2.05) is 24.3 Å². The Morgan fingerprint density at radius 2 is 2.00 bits per heavy atom. The summed E-state index contributed by atoms with van der Waals surface area (Å²) >= 11 is 0. The van der Waals surface area contributed by atoms with Gasteiger partial charge in [-0.25, -0.2) is 4.98 Å². The molecule has 154 valence electrons. The number of carbonyl (C=O) groups is 1. The van der Waals surface area contributed by atoms with E-state index >= 15 is 0 Å². The third-order valence-corrected chi connectivity index (χ3v) is 6.16. The molecular weight excluding hydrogens is 376 g/mol. The summed E-state index contributed by atoms with van der Waals surface area (Å²) in [5, 5.41) is 2.66. The number of amides is 1. The number of para-hydroxylation sites is 1. The fraction of sp³-hybridized carbons (Fsp3) is 0.333. The number of rotatable bonds is 4. The Morgan fingerprint density at radius 3 is 2.80 bits per heavy atom. The molecular formula is C24H26N4O2. The normalized spacial score (nSPS) is 15.4. The van der Waals surface area contributed by atoms with E-state index in [2.05, 4.69) is 40.0 Å². The zero-order valence-corrected chi connectivity index (χ0v) is 17.4. The van der Waals surface area contributed by atoms with Crippen LogP contribution in [0.3, 0.4) is 0 Å². The number of hydrogen-bond acceptors (Lipinski definition) is 4. The molecule has 6 heteroatoms. The van der Waals surface area contributed by atoms with Gasteiger partial charge in [0, 0.05) is 63.3 Å². The Balaban J connectivity index is 1.37. The molecule has 0 saturated carbocycles. The number of hydrogen-bond donors (Lipinski definition) is 1. The molecule has 0 radical (unpaired) electrons. The third kappa shape index (κ3) is 3.27. The first-order valence-electron chi connectivity index (χ1n) is 10.5. The van der Waals surface area contributed by atoms with Crippen LogP contribution in [0.2, 0.25) is 0 Å². The first kappa shape index (κ1) is 18.9. The van der Waals surface area contributed by atoms with Crippen LogP contribution in [0, 0.1) is 0 Å². The number of benzene rings is 2. The standard InChI is InChI=1S/C24H26N4O2/c1-25-24(29)18-8-6-17(7-9-18)23-26-20-10-12-28(15-21(20)27(23)2)14-19-5-3-4-16-11-13-30-22(16)19/h3-9H,10-15H2,1-2H3,(H,25,29). The van der Waals surface area contributed by atoms with E-state index in [1.54, 1.807) is 7.05 Å². The van der Waals surface area contributed by atoms with E-state index in [1.165, 1.54) is 22.5 Å². The van der Waals surface area contributed by atoms with Crippen molar-refractivity contribution < 1.29 is 9.53 Å². The molecule has 6 nitrogen and oxygen atoms in total. The number of nitrogens with one attached hydrogen (secondary N) is 1. The molecule has 1 amide bonds. The Bertz CT molecular complexity index is 1100. The fourth-order valence-electron chi connectivity index (χ4n) is 4.50. The second-order valence-corrected chi connectivity index (χ2v) is 8.01. The average Bonchev–Trinajstić information content (AvgIpc) is 3.39. The van der Waals surface area contributed by atoms with Crippen molar-refractivity contribution in [2.75, 3.05) is 20.2 Å². The summed E-state index contributed by atoms with van der Waals surface area (Å²) < 4.78 is 8.08. The molecule has 5 rings (SSSR count). The highest BCUT2D eigenvalue weighted by molar-refractivity contribution is 5.94. The van der Waals surface area contributed by atoms with Gasteiger partial charge in [0.1, 0.15) is 11.6 Å². The van der Waals surface area contributed by atoms with Crippen molar-refractivity contribution in [3.8, 4) is 17.1 Å². The van der Waals surface area contributed by atoms with Crippen LogP contribution in [0.4, 0.5) is 0 Å². The number of aromatic nitrogens is 2. The van der Waals surface area contributed by atoms with Gasteiger partial charge < -0.3 is 14.6 Å². The predicted molar refractivity (Wildman–Crippen MR) is 115 cm³/mol. The molecule has 2 aliphatic rings. The van der Waals surface area contributed by atoms with Gasteiger partial charge in [-0.2, -0.15) is 0 Å². The van der Waals surface area contributed by atoms with Gasteiger partial charge in [-0.05, 0) is 17.7 Å². The largest absolute Gasteiger partial charge is 0.493 e. The minimum absolute atomic E-state index is 0.0762. The van der Waals surface area contributed by atoms with E-state index in [-0.39, 0.29) is 5.91 Å². The van der Waals surface area contributed by atoms with Crippen LogP contribution < -0.4 is 10.1 Å². The molecule has 0 atom stereocenters. The van der Waals surface area contributed by atoms with Crippen molar-refractivity contribution in [1.29, 1.82) is 0 Å². The van der Waals surface area contributed by atoms with E-state index in [9.17, 15) is 4.79 Å². The molecule has 30 heavy (non-hydrogen) atoms. The quantitative estimate of drug-likeness (QED) is 0.729. The first-order chi connectivity index (χ1) is 14.6. The number of imidazole rings is 1. The summed E-state index contributed by atoms with van der Waals surface area (Å²) in [6.07, 6.45) is 1.95. The highest BCUT2D eigenvalue weighted by Crippen LogP contribution is 2.32. The number of nitrogens with zero attached hydrogens (tertiary/aromatic N) is 3. The van der Waals surface area contributed by atoms with Gasteiger partial charge in [0.2, 0.25) is 0 Å². The molecule has 2 aliphatic heterocycles. The second-order valence-electron chi connectivity index (χ2n) is 8.01. The monoisotopic (exact) mass is 402 g/mol. The summed E-state index contributed by atoms with van der Waals surface area (Å²) in [5.74, 6) is 1.96. The fourth-order valence-corrected chi connectivity index (χ4v) is 4.50. The third-order valence-electron chi connectivity index (χ3n) is 6.16. The highest BCUT2D eigenvalue weighted by atomic mass is 16.5. The van der Waals surface area contributed by atoms with Crippen LogP contribution in [-0.2, 0) is 33.0 Å². The van der Waals surface area contributed by atoms with Gasteiger partial charge in [-0.1, -0.05) is 30.3 Å². The lowest BCUT2D eigenvalue weighted by Gasteiger charge is -2.27. The first-order valence-corrected chi connectivity index (χ1v) is 10.5. The SMILES string of the molecule is CNC(=O)c1ccc(-c2nc3c(n2C)CN(Cc2cccc4c2OCC4)CC3)cc1. The summed E-state index contributed by atoms with van der Waals surface area (Å²) in [7, 11) is 3.73. The topological polar surface area (TPSA) is 59.4 Å². The van der Waals surface area contributed by atoms with Gasteiger partial charge in [-0.15, -0.1) is 0 Å². The maximum Gasteiger partial charge on any atom is 0.251 e. The van der Waals surface area contributed by atoms with Crippen molar-refractivity contribution in [2.24, 2.45) is 7.05 Å². The van der Waals surface area contributed by atoms with E-state index in [4.69, 9.17) is 9.72 Å². The zero-order valence-electron chi connectivity index (χ0n) is 17.4. The summed E-state index contributed by atoms with van der Waals surface area (Å²) in [6.45, 7) is 3.55. The lowest BCUT2D eigenvalue weighted by Crippen LogP contribution is -2.31. The van der Waals surface area contributed by atoms with Gasteiger partial charge in [0.25, 0.3) is 5.91 Å². The van der Waals surface area contributed by atoms with Crippen LogP contribution in [-0.4, -0.2) is 40.6 Å². The Labute approximate surface area is 176 Å². The Hall–Kier alpha value is -3.12. The average molecular weight is 402 g/mol. The molecule has 0 unspecified atom stereocenters. The van der Waals surface area contributed by atoms with Crippen molar-refractivity contribution in [2.45, 2.75) is 25.9 Å². The van der Waals surface area contributed by atoms with Gasteiger partial charge in [-0.3, -0.25) is 9.69 Å². The van der Waals surface area contributed by atoms with Gasteiger partial charge in [0.05, 0.1) is 18.0 Å². The smallest absolute Gasteiger partial charge is 0.251 e. The number of ether oxygens (including phenoxy) is 1. The lowest BCUT2D eigenvalue weighted by atomic mass is 10.1. The molecule has 1 N–H and O–H groups in total. The molecule has 0 bridgehead atoms. The van der Waals surface area contributed by atoms with Crippen LogP contribution in [0.5, 0.6) is 5.75 Å². The highest BCUT2D eigenvalue weighted by Gasteiger charge is 2.25. The summed E-state index contributed by atoms with van der Waals surface area (Å²) in [5.41, 5.74) is 6.73. The van der Waals surface area contributed by atoms with Gasteiger partial charge in [0.15, 0.2) is 0 Å². The second kappa shape index (κ2) is 7.61. The van der Waals surface area contributed by atoms with Crippen molar-refractivity contribution >= 4 is 5.91 Å². The maximum atomic E-state index is 11.8. The molecule has 0 fully saturated rings. The van der Waals surface area contributed by atoms with Crippen LogP contribution in [0.1, 0.15) is 32.9 Å². The van der Waals surface area contributed by atoms with E-state index in [0.29, 0.717) is 5.56 Å². The maximum absolute atomic E-state index is 11.8. The van der Waals surface area contributed by atoms with E-state index in [0.717, 1.165) is 56.2 Å². The number of fused-ring (bicyclic) bond motifs is 2. The van der Waals surface area contributed by atoms with Crippen LogP contribution >= 0.6 is 0 Å². The summed E-state index contributed by atoms with van der Waals surface area (Å²) in [6, 6.07) is 14.1. The lowest BCUT2D eigenvalue weighted by molar-refractivity contribution is 0.0963. The Morgan fingerprint density at radius 1 is 1.17 bits per heavy atom. The molecule has 3 aromatic rings. The van der Waals surface area contributed by atoms with Crippen molar-refractivity contribution in [3.05, 3.63) is 70.5 Å². The zero-order chi connectivity index (χ0) is 20.7. The molecule has 2 aromatic carbocycles. The van der Waals surface area contributed by atoms with Crippen molar-refractivity contribution in [1.82, 2.24) is 19.8 Å². The molecule has 1 aromatic heterocycles. The van der Waals surface area contributed by atoms with Crippen LogP contribution in [0.15, 0.2) is 42.5 Å². The summed E-state index contributed by atoms with van der Waals surface area (Å²) in [4.78, 5) is 19.2. The minimum atomic E-state index is -0.0762. The number of carbonyl (C=O) groups excluding carboxylic acids is 1. The Kier molecular flexibility index (Phi) is 4.79. The molecule has 0 aliphatic carbocycles. The van der Waals surface area contributed by atoms with Crippen molar-refractivity contribution in [3.63, 3.8) is 0 Å². The molecule has 0 saturated heterocycles. The predicted octanol–water partition coefficient (Wildman–Crippen LogP) is 2.94. The molecule has 0 spiro atoms. The minimum Gasteiger partial charge on any atom is -0.493 e. The van der Waals surface area contributed by atoms with Gasteiger partial charge >= 0.3 is 0 Å². The van der Waals surface area contributed by atoms with E-state index < -0.39 is 0 Å².